The van der Waals surface area contributed by atoms with Crippen LogP contribution in [0, 0.1) is 11.3 Å². The molecule has 2 aliphatic heterocycles. The molecule has 3 amide bonds. The van der Waals surface area contributed by atoms with E-state index in [1.54, 1.807) is 23.9 Å². The molecule has 10 heteroatoms. The van der Waals surface area contributed by atoms with Crippen LogP contribution in [0.2, 0.25) is 0 Å². The van der Waals surface area contributed by atoms with Crippen LogP contribution < -0.4 is 10.6 Å². The smallest absolute Gasteiger partial charge is 0.328 e. The van der Waals surface area contributed by atoms with Crippen LogP contribution >= 0.6 is 0 Å². The van der Waals surface area contributed by atoms with Crippen LogP contribution in [0.5, 0.6) is 0 Å². The molecule has 2 saturated heterocycles. The Morgan fingerprint density at radius 3 is 2.05 bits per heavy atom. The number of likely N-dealkylation sites (N-methyl/N-ethyl adjacent to an activating group) is 2. The van der Waals surface area contributed by atoms with Crippen molar-refractivity contribution in [3.63, 3.8) is 0 Å². The molecule has 0 radical (unpaired) electrons. The number of ether oxygens (including phenoxy) is 1. The number of amides is 3. The zero-order chi connectivity index (χ0) is 29.7. The molecule has 0 saturated carbocycles. The highest BCUT2D eigenvalue weighted by Crippen LogP contribution is 2.31. The van der Waals surface area contributed by atoms with Crippen molar-refractivity contribution in [1.82, 2.24) is 25.3 Å². The van der Waals surface area contributed by atoms with Crippen molar-refractivity contribution in [2.75, 3.05) is 34.3 Å². The summed E-state index contributed by atoms with van der Waals surface area (Å²) in [6, 6.07) is -1.72. The number of methoxy groups -OCH3 is 1. The molecule has 2 N–H and O–H groups in total. The first-order valence-electron chi connectivity index (χ1n) is 14.6. The Balaban J connectivity index is 2.34. The lowest BCUT2D eigenvalue weighted by molar-refractivity contribution is -0.155. The molecule has 0 aromatic heterocycles. The quantitative estimate of drug-likeness (QED) is 0.379. The minimum absolute atomic E-state index is 0.0290. The molecule has 0 bridgehead atoms. The van der Waals surface area contributed by atoms with Crippen LogP contribution in [-0.4, -0.2) is 103 Å². The molecule has 39 heavy (non-hydrogen) atoms. The first kappa shape index (κ1) is 33.0. The molecule has 10 nitrogen and oxygen atoms in total. The maximum atomic E-state index is 14.1. The molecule has 0 aromatic carbocycles. The van der Waals surface area contributed by atoms with Gasteiger partial charge >= 0.3 is 5.97 Å². The van der Waals surface area contributed by atoms with Gasteiger partial charge in [-0.25, -0.2) is 4.79 Å². The van der Waals surface area contributed by atoms with Crippen LogP contribution in [0.4, 0.5) is 0 Å². The lowest BCUT2D eigenvalue weighted by atomic mass is 9.83. The number of nitrogens with zero attached hydrogens (tertiary/aromatic N) is 3. The van der Waals surface area contributed by atoms with E-state index < -0.39 is 29.1 Å². The Labute approximate surface area is 235 Å². The fraction of sp³-hybridized carbons (Fsp3) is 0.862. The second-order valence-corrected chi connectivity index (χ2v) is 12.5. The molecule has 2 fully saturated rings. The maximum Gasteiger partial charge on any atom is 0.328 e. The second-order valence-electron chi connectivity index (χ2n) is 12.5. The van der Waals surface area contributed by atoms with Gasteiger partial charge in [-0.05, 0) is 56.9 Å². The van der Waals surface area contributed by atoms with E-state index in [4.69, 9.17) is 4.74 Å². The predicted octanol–water partition coefficient (Wildman–Crippen LogP) is 2.36. The number of carbonyl (C=O) groups excluding carboxylic acids is 4. The van der Waals surface area contributed by atoms with Gasteiger partial charge in [-0.15, -0.1) is 0 Å². The summed E-state index contributed by atoms with van der Waals surface area (Å²) in [5.41, 5.74) is -1.29. The van der Waals surface area contributed by atoms with E-state index in [9.17, 15) is 19.2 Å². The van der Waals surface area contributed by atoms with Gasteiger partial charge in [0.1, 0.15) is 12.1 Å². The summed E-state index contributed by atoms with van der Waals surface area (Å²) in [5.74, 6) is -0.786. The van der Waals surface area contributed by atoms with E-state index in [1.165, 1.54) is 7.11 Å². The number of nitrogens with one attached hydrogen (secondary N) is 2. The predicted molar refractivity (Wildman–Crippen MR) is 152 cm³/mol. The summed E-state index contributed by atoms with van der Waals surface area (Å²) >= 11 is 0. The number of likely N-dealkylation sites (tertiary alicyclic amines) is 2. The summed E-state index contributed by atoms with van der Waals surface area (Å²) in [4.78, 5) is 59.2. The maximum absolute atomic E-state index is 14.1. The molecule has 4 atom stereocenters. The van der Waals surface area contributed by atoms with Crippen LogP contribution in [0.3, 0.4) is 0 Å². The highest BCUT2D eigenvalue weighted by molar-refractivity contribution is 5.93. The molecular formula is C29H53N5O5. The highest BCUT2D eigenvalue weighted by Gasteiger charge is 2.47. The Kier molecular flexibility index (Phi) is 11.4. The van der Waals surface area contributed by atoms with Crippen LogP contribution in [-0.2, 0) is 23.9 Å². The van der Waals surface area contributed by atoms with Gasteiger partial charge < -0.3 is 25.2 Å². The molecular weight excluding hydrogens is 498 g/mol. The average molecular weight is 552 g/mol. The molecule has 0 spiro atoms. The fourth-order valence-corrected chi connectivity index (χ4v) is 6.32. The summed E-state index contributed by atoms with van der Waals surface area (Å²) in [7, 11) is 4.90. The van der Waals surface area contributed by atoms with Crippen molar-refractivity contribution < 1.29 is 23.9 Å². The van der Waals surface area contributed by atoms with Crippen molar-refractivity contribution in [1.29, 1.82) is 0 Å². The fourth-order valence-electron chi connectivity index (χ4n) is 6.32. The van der Waals surface area contributed by atoms with Gasteiger partial charge in [0.2, 0.25) is 17.7 Å². The lowest BCUT2D eigenvalue weighted by Gasteiger charge is -2.44. The first-order valence-corrected chi connectivity index (χ1v) is 14.6. The van der Waals surface area contributed by atoms with Gasteiger partial charge in [-0.2, -0.15) is 0 Å². The van der Waals surface area contributed by atoms with Gasteiger partial charge in [0.25, 0.3) is 0 Å². The third kappa shape index (κ3) is 6.93. The van der Waals surface area contributed by atoms with Gasteiger partial charge in [0, 0.05) is 20.1 Å². The van der Waals surface area contributed by atoms with Crippen molar-refractivity contribution in [3.05, 3.63) is 0 Å². The number of hydrogen-bond donors (Lipinski definition) is 2. The van der Waals surface area contributed by atoms with E-state index in [2.05, 4.69) is 15.5 Å². The molecule has 2 heterocycles. The SMILES string of the molecule is CCC(CC)(NC)C(=O)N[C@H](C(=O)N(C)C(C(C)C)N1CCC[C@H]1C(=O)N1CCC[C@H]1C(=O)OC)C(C)(C)C. The minimum atomic E-state index is -0.752. The van der Waals surface area contributed by atoms with Crippen molar-refractivity contribution in [3.8, 4) is 0 Å². The highest BCUT2D eigenvalue weighted by atomic mass is 16.5. The second kappa shape index (κ2) is 13.4. The van der Waals surface area contributed by atoms with E-state index in [0.717, 1.165) is 12.8 Å². The number of rotatable bonds is 11. The van der Waals surface area contributed by atoms with Gasteiger partial charge in [-0.3, -0.25) is 19.3 Å². The van der Waals surface area contributed by atoms with E-state index in [0.29, 0.717) is 38.8 Å². The summed E-state index contributed by atoms with van der Waals surface area (Å²) in [6.45, 7) is 15.1. The van der Waals surface area contributed by atoms with E-state index in [1.807, 2.05) is 48.5 Å². The van der Waals surface area contributed by atoms with E-state index in [-0.39, 0.29) is 35.8 Å². The minimum Gasteiger partial charge on any atom is -0.467 e. The molecule has 0 aliphatic carbocycles. The zero-order valence-electron chi connectivity index (χ0n) is 25.9. The van der Waals surface area contributed by atoms with Gasteiger partial charge in [0.05, 0.1) is 24.9 Å². The summed E-state index contributed by atoms with van der Waals surface area (Å²) < 4.78 is 4.96. The Bertz CT molecular complexity index is 874. The Morgan fingerprint density at radius 2 is 1.56 bits per heavy atom. The molecule has 224 valence electrons. The number of carbonyl (C=O) groups is 4. The van der Waals surface area contributed by atoms with Crippen LogP contribution in [0.15, 0.2) is 0 Å². The molecule has 2 aliphatic rings. The molecule has 0 aromatic rings. The number of hydrogen-bond acceptors (Lipinski definition) is 7. The molecule has 2 rings (SSSR count). The lowest BCUT2D eigenvalue weighted by Crippen LogP contribution is -2.65. The topological polar surface area (TPSA) is 111 Å². The normalized spacial score (nSPS) is 22.1. The standard InChI is InChI=1S/C29H53N5O5/c1-11-29(12-2,30-8)27(38)31-22(28(5,6)7)25(36)32(9)23(19(3)4)33-17-13-15-20(33)24(35)34-18-14-16-21(34)26(37)39-10/h19-23,30H,11-18H2,1-10H3,(H,31,38)/t20-,21-,22+,23?/m0/s1. The van der Waals surface area contributed by atoms with Gasteiger partial charge in [0.15, 0.2) is 0 Å². The monoisotopic (exact) mass is 551 g/mol. The van der Waals surface area contributed by atoms with Crippen LogP contribution in [0.25, 0.3) is 0 Å². The number of esters is 1. The molecule has 1 unspecified atom stereocenters. The third-order valence-corrected chi connectivity index (χ3v) is 8.78. The van der Waals surface area contributed by atoms with Crippen LogP contribution in [0.1, 0.15) is 87.0 Å². The van der Waals surface area contributed by atoms with Crippen molar-refractivity contribution in [2.45, 2.75) is 117 Å². The average Bonchev–Trinajstić information content (AvgIpc) is 3.57. The Morgan fingerprint density at radius 1 is 1.00 bits per heavy atom. The first-order chi connectivity index (χ1) is 18.2. The summed E-state index contributed by atoms with van der Waals surface area (Å²) in [5, 5.41) is 6.25. The largest absolute Gasteiger partial charge is 0.467 e. The summed E-state index contributed by atoms with van der Waals surface area (Å²) in [6.07, 6.45) is 3.72. The zero-order valence-corrected chi connectivity index (χ0v) is 25.9. The van der Waals surface area contributed by atoms with Crippen molar-refractivity contribution >= 4 is 23.7 Å². The Hall–Kier alpha value is -2.20. The van der Waals surface area contributed by atoms with Gasteiger partial charge in [-0.1, -0.05) is 48.5 Å². The van der Waals surface area contributed by atoms with E-state index >= 15 is 0 Å². The third-order valence-electron chi connectivity index (χ3n) is 8.78. The van der Waals surface area contributed by atoms with Crippen molar-refractivity contribution in [2.24, 2.45) is 11.3 Å².